The molecule has 2 atom stereocenters. The number of nitrogens with zero attached hydrogens (tertiary/aromatic N) is 3. The Kier molecular flexibility index (Phi) is 4.50. The second-order valence-electron chi connectivity index (χ2n) is 6.51. The minimum Gasteiger partial charge on any atom is -0.380 e. The van der Waals surface area contributed by atoms with Gasteiger partial charge >= 0.3 is 0 Å². The molecule has 1 amide bonds. The number of carbonyl (C=O) groups excluding carboxylic acids is 1. The number of aryl methyl sites for hydroxylation is 1. The Morgan fingerprint density at radius 3 is 2.91 bits per heavy atom. The molecular formula is C16H24N4O3. The fraction of sp³-hybridized carbons (Fsp3) is 0.688. The molecule has 0 unspecified atom stereocenters. The zero-order valence-corrected chi connectivity index (χ0v) is 13.7. The predicted molar refractivity (Wildman–Crippen MR) is 85.1 cm³/mol. The van der Waals surface area contributed by atoms with Crippen LogP contribution in [-0.2, 0) is 9.53 Å². The normalized spacial score (nSPS) is 26.0. The number of hydrogen-bond donors (Lipinski definition) is 2. The van der Waals surface area contributed by atoms with Crippen LogP contribution in [0.15, 0.2) is 12.4 Å². The van der Waals surface area contributed by atoms with E-state index < -0.39 is 5.60 Å². The van der Waals surface area contributed by atoms with Crippen molar-refractivity contribution in [2.24, 2.45) is 0 Å². The molecule has 1 saturated heterocycles. The van der Waals surface area contributed by atoms with Crippen molar-refractivity contribution in [2.75, 3.05) is 25.1 Å². The molecule has 1 aliphatic heterocycles. The minimum absolute atomic E-state index is 0.0990. The van der Waals surface area contributed by atoms with Crippen LogP contribution in [0.3, 0.4) is 0 Å². The number of anilines is 1. The summed E-state index contributed by atoms with van der Waals surface area (Å²) in [4.78, 5) is 22.7. The van der Waals surface area contributed by atoms with Crippen molar-refractivity contribution >= 4 is 11.7 Å². The lowest BCUT2D eigenvalue weighted by Crippen LogP contribution is -2.53. The van der Waals surface area contributed by atoms with Gasteiger partial charge in [0.15, 0.2) is 0 Å². The van der Waals surface area contributed by atoms with E-state index in [-0.39, 0.29) is 18.1 Å². The number of methoxy groups -OCH3 is 1. The van der Waals surface area contributed by atoms with Gasteiger partial charge in [0.05, 0.1) is 12.1 Å². The number of aromatic nitrogens is 2. The zero-order valence-electron chi connectivity index (χ0n) is 13.7. The summed E-state index contributed by atoms with van der Waals surface area (Å²) in [5, 5.41) is 13.0. The molecule has 126 valence electrons. The van der Waals surface area contributed by atoms with Crippen LogP contribution in [-0.4, -0.2) is 58.9 Å². The average Bonchev–Trinajstić information content (AvgIpc) is 2.93. The van der Waals surface area contributed by atoms with Crippen LogP contribution in [0, 0.1) is 6.92 Å². The highest BCUT2D eigenvalue weighted by Crippen LogP contribution is 2.32. The molecule has 2 N–H and O–H groups in total. The van der Waals surface area contributed by atoms with Gasteiger partial charge in [-0.05, 0) is 32.6 Å². The second-order valence-corrected chi connectivity index (χ2v) is 6.51. The van der Waals surface area contributed by atoms with Crippen molar-refractivity contribution < 1.29 is 14.6 Å². The number of aliphatic hydroxyl groups is 1. The summed E-state index contributed by atoms with van der Waals surface area (Å²) in [6.07, 6.45) is 4.50. The van der Waals surface area contributed by atoms with Crippen LogP contribution in [0.4, 0.5) is 5.82 Å². The molecule has 1 saturated carbocycles. The van der Waals surface area contributed by atoms with Crippen molar-refractivity contribution in [1.82, 2.24) is 15.3 Å². The summed E-state index contributed by atoms with van der Waals surface area (Å²) in [5.74, 6) is 0.585. The molecule has 0 spiro atoms. The SMILES string of the molecule is CO[C@H]1C[C@@H](CNC(=O)C2(O)CCC2)N(c2cc(C)ncn2)C1. The number of ether oxygens (including phenoxy) is 1. The van der Waals surface area contributed by atoms with Crippen molar-refractivity contribution in [3.8, 4) is 0 Å². The lowest BCUT2D eigenvalue weighted by atomic mass is 9.79. The van der Waals surface area contributed by atoms with Crippen LogP contribution in [0.5, 0.6) is 0 Å². The van der Waals surface area contributed by atoms with E-state index in [1.54, 1.807) is 13.4 Å². The van der Waals surface area contributed by atoms with Gasteiger partial charge in [-0.3, -0.25) is 4.79 Å². The maximum absolute atomic E-state index is 12.1. The van der Waals surface area contributed by atoms with Gasteiger partial charge in [-0.1, -0.05) is 0 Å². The Hall–Kier alpha value is -1.73. The first kappa shape index (κ1) is 16.1. The van der Waals surface area contributed by atoms with Gasteiger partial charge in [-0.15, -0.1) is 0 Å². The number of hydrogen-bond acceptors (Lipinski definition) is 6. The number of rotatable bonds is 5. The van der Waals surface area contributed by atoms with Crippen LogP contribution in [0.2, 0.25) is 0 Å². The molecule has 23 heavy (non-hydrogen) atoms. The first-order chi connectivity index (χ1) is 11.0. The standard InChI is InChI=1S/C16H24N4O3/c1-11-6-14(19-10-18-11)20-9-13(23-2)7-12(20)8-17-15(21)16(22)4-3-5-16/h6,10,12-13,22H,3-5,7-9H2,1-2H3,(H,17,21)/t12-,13-/m0/s1. The van der Waals surface area contributed by atoms with E-state index in [9.17, 15) is 9.90 Å². The Balaban J connectivity index is 1.67. The summed E-state index contributed by atoms with van der Waals surface area (Å²) in [6.45, 7) is 3.14. The molecule has 2 fully saturated rings. The summed E-state index contributed by atoms with van der Waals surface area (Å²) in [7, 11) is 1.70. The molecule has 0 radical (unpaired) electrons. The van der Waals surface area contributed by atoms with Crippen LogP contribution >= 0.6 is 0 Å². The molecule has 1 aromatic rings. The van der Waals surface area contributed by atoms with Crippen molar-refractivity contribution in [3.05, 3.63) is 18.1 Å². The zero-order chi connectivity index (χ0) is 16.4. The summed E-state index contributed by atoms with van der Waals surface area (Å²) in [5.41, 5.74) is -0.252. The summed E-state index contributed by atoms with van der Waals surface area (Å²) < 4.78 is 5.48. The number of amides is 1. The van der Waals surface area contributed by atoms with E-state index in [2.05, 4.69) is 20.2 Å². The van der Waals surface area contributed by atoms with E-state index in [1.165, 1.54) is 0 Å². The Labute approximate surface area is 136 Å². The van der Waals surface area contributed by atoms with Gasteiger partial charge in [-0.2, -0.15) is 0 Å². The maximum atomic E-state index is 12.1. The molecule has 0 aromatic carbocycles. The van der Waals surface area contributed by atoms with Crippen LogP contribution < -0.4 is 10.2 Å². The third kappa shape index (κ3) is 3.30. The van der Waals surface area contributed by atoms with Crippen molar-refractivity contribution in [1.29, 1.82) is 0 Å². The number of nitrogens with one attached hydrogen (secondary N) is 1. The van der Waals surface area contributed by atoms with Gasteiger partial charge in [0.2, 0.25) is 0 Å². The van der Waals surface area contributed by atoms with Crippen molar-refractivity contribution in [2.45, 2.75) is 50.4 Å². The van der Waals surface area contributed by atoms with E-state index >= 15 is 0 Å². The molecule has 2 heterocycles. The summed E-state index contributed by atoms with van der Waals surface area (Å²) >= 11 is 0. The highest BCUT2D eigenvalue weighted by atomic mass is 16.5. The second kappa shape index (κ2) is 6.41. The summed E-state index contributed by atoms with van der Waals surface area (Å²) in [6, 6.07) is 2.04. The minimum atomic E-state index is -1.16. The van der Waals surface area contributed by atoms with Crippen molar-refractivity contribution in [3.63, 3.8) is 0 Å². The van der Waals surface area contributed by atoms with E-state index in [1.807, 2.05) is 13.0 Å². The predicted octanol–water partition coefficient (Wildman–Crippen LogP) is 0.410. The Bertz CT molecular complexity index is 576. The third-order valence-corrected chi connectivity index (χ3v) is 4.89. The van der Waals surface area contributed by atoms with Gasteiger partial charge in [0.25, 0.3) is 5.91 Å². The Morgan fingerprint density at radius 2 is 2.30 bits per heavy atom. The first-order valence-electron chi connectivity index (χ1n) is 8.10. The van der Waals surface area contributed by atoms with Gasteiger partial charge in [0.1, 0.15) is 17.7 Å². The van der Waals surface area contributed by atoms with E-state index in [4.69, 9.17) is 4.74 Å². The van der Waals surface area contributed by atoms with Crippen LogP contribution in [0.1, 0.15) is 31.4 Å². The first-order valence-corrected chi connectivity index (χ1v) is 8.10. The van der Waals surface area contributed by atoms with Gasteiger partial charge < -0.3 is 20.1 Å². The molecule has 3 rings (SSSR count). The smallest absolute Gasteiger partial charge is 0.252 e. The topological polar surface area (TPSA) is 87.6 Å². The highest BCUT2D eigenvalue weighted by Gasteiger charge is 2.42. The lowest BCUT2D eigenvalue weighted by Gasteiger charge is -2.35. The molecule has 2 aliphatic rings. The maximum Gasteiger partial charge on any atom is 0.252 e. The average molecular weight is 320 g/mol. The molecule has 1 aliphatic carbocycles. The Morgan fingerprint density at radius 1 is 1.52 bits per heavy atom. The van der Waals surface area contributed by atoms with E-state index in [0.717, 1.165) is 30.9 Å². The van der Waals surface area contributed by atoms with E-state index in [0.29, 0.717) is 19.4 Å². The quantitative estimate of drug-likeness (QED) is 0.817. The monoisotopic (exact) mass is 320 g/mol. The molecule has 7 nitrogen and oxygen atoms in total. The largest absolute Gasteiger partial charge is 0.380 e. The molecule has 0 bridgehead atoms. The lowest BCUT2D eigenvalue weighted by molar-refractivity contribution is -0.148. The van der Waals surface area contributed by atoms with Gasteiger partial charge in [0, 0.05) is 32.0 Å². The van der Waals surface area contributed by atoms with Crippen LogP contribution in [0.25, 0.3) is 0 Å². The molecular weight excluding hydrogens is 296 g/mol. The van der Waals surface area contributed by atoms with Gasteiger partial charge in [-0.25, -0.2) is 9.97 Å². The third-order valence-electron chi connectivity index (χ3n) is 4.89. The molecule has 1 aromatic heterocycles. The number of carbonyl (C=O) groups is 1. The fourth-order valence-corrected chi connectivity index (χ4v) is 3.23. The fourth-order valence-electron chi connectivity index (χ4n) is 3.23. The molecule has 7 heteroatoms. The highest BCUT2D eigenvalue weighted by molar-refractivity contribution is 5.85.